The number of ether oxygens (including phenoxy) is 4. The van der Waals surface area contributed by atoms with Crippen LogP contribution in [0.2, 0.25) is 0 Å². The molecule has 1 atom stereocenters. The second kappa shape index (κ2) is 8.65. The Labute approximate surface area is 183 Å². The van der Waals surface area contributed by atoms with Gasteiger partial charge in [-0.1, -0.05) is 13.8 Å². The van der Waals surface area contributed by atoms with Gasteiger partial charge in [0.05, 0.1) is 33.5 Å². The summed E-state index contributed by atoms with van der Waals surface area (Å²) in [7, 11) is 4.61. The number of esters is 1. The molecule has 0 spiro atoms. The second-order valence-corrected chi connectivity index (χ2v) is 8.61. The molecular formula is C24H31NO6. The largest absolute Gasteiger partial charge is 0.493 e. The predicted molar refractivity (Wildman–Crippen MR) is 116 cm³/mol. The van der Waals surface area contributed by atoms with E-state index in [-0.39, 0.29) is 17.8 Å². The third-order valence-corrected chi connectivity index (χ3v) is 5.76. The van der Waals surface area contributed by atoms with E-state index in [1.54, 1.807) is 19.1 Å². The molecule has 1 aromatic carbocycles. The molecule has 0 aromatic heterocycles. The van der Waals surface area contributed by atoms with Crippen LogP contribution in [0.25, 0.3) is 0 Å². The molecule has 7 nitrogen and oxygen atoms in total. The third kappa shape index (κ3) is 4.13. The van der Waals surface area contributed by atoms with Crippen LogP contribution in [0.15, 0.2) is 34.7 Å². The van der Waals surface area contributed by atoms with Gasteiger partial charge in [-0.25, -0.2) is 4.79 Å². The summed E-state index contributed by atoms with van der Waals surface area (Å²) >= 11 is 0. The number of nitrogens with one attached hydrogen (secondary N) is 1. The van der Waals surface area contributed by atoms with E-state index in [0.717, 1.165) is 5.70 Å². The zero-order valence-electron chi connectivity index (χ0n) is 19.3. The Kier molecular flexibility index (Phi) is 6.34. The van der Waals surface area contributed by atoms with Crippen molar-refractivity contribution in [2.75, 3.05) is 27.9 Å². The Morgan fingerprint density at radius 3 is 2.23 bits per heavy atom. The zero-order valence-corrected chi connectivity index (χ0v) is 19.3. The SMILES string of the molecule is CCOC(=O)C1=C(C)NC2=C(C(=O)CC(C)(C)C2)[C@@H]1c1cc(OC)c(OC)c(OC)c1. The molecule has 1 N–H and O–H groups in total. The second-order valence-electron chi connectivity index (χ2n) is 8.61. The standard InChI is InChI=1S/C24H31NO6/c1-8-31-23(27)19-13(2)25-15-11-24(3,4)12-16(26)21(15)20(19)14-9-17(28-5)22(30-7)18(10-14)29-6/h9-10,20,25H,8,11-12H2,1-7H3/t20-/m1/s1. The van der Waals surface area contributed by atoms with E-state index in [2.05, 4.69) is 19.2 Å². The van der Waals surface area contributed by atoms with Gasteiger partial charge in [0, 0.05) is 29.3 Å². The van der Waals surface area contributed by atoms with Gasteiger partial charge < -0.3 is 24.3 Å². The lowest BCUT2D eigenvalue weighted by Crippen LogP contribution is -2.38. The molecule has 0 amide bonds. The highest BCUT2D eigenvalue weighted by atomic mass is 16.5. The first-order valence-electron chi connectivity index (χ1n) is 10.4. The summed E-state index contributed by atoms with van der Waals surface area (Å²) in [5, 5.41) is 3.32. The van der Waals surface area contributed by atoms with Crippen molar-refractivity contribution in [2.24, 2.45) is 5.41 Å². The maximum absolute atomic E-state index is 13.3. The molecule has 3 rings (SSSR count). The van der Waals surface area contributed by atoms with Crippen LogP contribution in [0.1, 0.15) is 52.0 Å². The summed E-state index contributed by atoms with van der Waals surface area (Å²) in [4.78, 5) is 26.3. The highest BCUT2D eigenvalue weighted by molar-refractivity contribution is 6.04. The van der Waals surface area contributed by atoms with Crippen molar-refractivity contribution in [3.63, 3.8) is 0 Å². The Balaban J connectivity index is 2.27. The minimum Gasteiger partial charge on any atom is -0.493 e. The summed E-state index contributed by atoms with van der Waals surface area (Å²) < 4.78 is 21.8. The number of carbonyl (C=O) groups excluding carboxylic acids is 2. The number of rotatable bonds is 6. The minimum absolute atomic E-state index is 0.0202. The summed E-state index contributed by atoms with van der Waals surface area (Å²) in [5.41, 5.74) is 3.10. The maximum atomic E-state index is 13.3. The van der Waals surface area contributed by atoms with Crippen LogP contribution in [-0.2, 0) is 14.3 Å². The predicted octanol–water partition coefficient (Wildman–Crippen LogP) is 3.88. The molecule has 1 aliphatic carbocycles. The summed E-state index contributed by atoms with van der Waals surface area (Å²) in [6, 6.07) is 3.59. The zero-order chi connectivity index (χ0) is 22.9. The molecule has 0 radical (unpaired) electrons. The van der Waals surface area contributed by atoms with Gasteiger partial charge in [0.1, 0.15) is 0 Å². The average Bonchev–Trinajstić information content (AvgIpc) is 2.70. The van der Waals surface area contributed by atoms with Crippen LogP contribution in [0.5, 0.6) is 17.2 Å². The fraction of sp³-hybridized carbons (Fsp3) is 0.500. The molecule has 0 unspecified atom stereocenters. The molecule has 0 fully saturated rings. The van der Waals surface area contributed by atoms with Crippen LogP contribution in [0.3, 0.4) is 0 Å². The Morgan fingerprint density at radius 2 is 1.71 bits per heavy atom. The fourth-order valence-electron chi connectivity index (χ4n) is 4.52. The van der Waals surface area contributed by atoms with Crippen molar-refractivity contribution in [1.82, 2.24) is 5.32 Å². The molecular weight excluding hydrogens is 398 g/mol. The van der Waals surface area contributed by atoms with Crippen molar-refractivity contribution < 1.29 is 28.5 Å². The lowest BCUT2D eigenvalue weighted by Gasteiger charge is -2.39. The van der Waals surface area contributed by atoms with E-state index in [1.165, 1.54) is 21.3 Å². The highest BCUT2D eigenvalue weighted by Gasteiger charge is 2.43. The van der Waals surface area contributed by atoms with Crippen LogP contribution >= 0.6 is 0 Å². The number of ketones is 1. The van der Waals surface area contributed by atoms with Crippen molar-refractivity contribution in [1.29, 1.82) is 0 Å². The molecule has 0 saturated heterocycles. The van der Waals surface area contributed by atoms with Crippen molar-refractivity contribution in [3.8, 4) is 17.2 Å². The summed E-state index contributed by atoms with van der Waals surface area (Å²) in [6.07, 6.45) is 1.12. The number of Topliss-reactive ketones (excluding diaryl/α,β-unsaturated/α-hetero) is 1. The third-order valence-electron chi connectivity index (χ3n) is 5.76. The summed E-state index contributed by atoms with van der Waals surface area (Å²) in [5.74, 6) is 0.352. The van der Waals surface area contributed by atoms with Gasteiger partial charge in [-0.2, -0.15) is 0 Å². The van der Waals surface area contributed by atoms with E-state index < -0.39 is 11.9 Å². The number of carbonyl (C=O) groups is 2. The lowest BCUT2D eigenvalue weighted by atomic mass is 9.68. The van der Waals surface area contributed by atoms with E-state index in [1.807, 2.05) is 6.92 Å². The molecule has 1 aliphatic heterocycles. The number of benzene rings is 1. The Bertz CT molecular complexity index is 947. The van der Waals surface area contributed by atoms with Gasteiger partial charge in [-0.05, 0) is 43.4 Å². The van der Waals surface area contributed by atoms with Gasteiger partial charge in [-0.3, -0.25) is 4.79 Å². The Morgan fingerprint density at radius 1 is 1.10 bits per heavy atom. The fourth-order valence-corrected chi connectivity index (χ4v) is 4.52. The van der Waals surface area contributed by atoms with Crippen LogP contribution in [0.4, 0.5) is 0 Å². The number of hydrogen-bond donors (Lipinski definition) is 1. The highest BCUT2D eigenvalue weighted by Crippen LogP contribution is 2.49. The molecule has 31 heavy (non-hydrogen) atoms. The van der Waals surface area contributed by atoms with E-state index in [4.69, 9.17) is 18.9 Å². The van der Waals surface area contributed by atoms with Crippen LogP contribution < -0.4 is 19.5 Å². The van der Waals surface area contributed by atoms with Crippen molar-refractivity contribution in [2.45, 2.75) is 46.5 Å². The normalized spacial score (nSPS) is 20.1. The summed E-state index contributed by atoms with van der Waals surface area (Å²) in [6.45, 7) is 7.99. The van der Waals surface area contributed by atoms with E-state index in [0.29, 0.717) is 52.5 Å². The number of dihydropyridines is 1. The quantitative estimate of drug-likeness (QED) is 0.687. The molecule has 2 aliphatic rings. The first kappa shape index (κ1) is 22.7. The number of allylic oxidation sites excluding steroid dienone is 3. The van der Waals surface area contributed by atoms with Crippen molar-refractivity contribution in [3.05, 3.63) is 40.2 Å². The number of hydrogen-bond acceptors (Lipinski definition) is 7. The maximum Gasteiger partial charge on any atom is 0.336 e. The van der Waals surface area contributed by atoms with Gasteiger partial charge in [0.2, 0.25) is 5.75 Å². The average molecular weight is 430 g/mol. The molecule has 0 bridgehead atoms. The smallest absolute Gasteiger partial charge is 0.336 e. The molecule has 0 saturated carbocycles. The van der Waals surface area contributed by atoms with Gasteiger partial charge in [0.15, 0.2) is 17.3 Å². The van der Waals surface area contributed by atoms with E-state index in [9.17, 15) is 9.59 Å². The van der Waals surface area contributed by atoms with Gasteiger partial charge in [-0.15, -0.1) is 0 Å². The van der Waals surface area contributed by atoms with Crippen LogP contribution in [-0.4, -0.2) is 39.7 Å². The van der Waals surface area contributed by atoms with Crippen LogP contribution in [0, 0.1) is 5.41 Å². The molecule has 168 valence electrons. The Hall–Kier alpha value is -2.96. The molecule has 7 heteroatoms. The van der Waals surface area contributed by atoms with Gasteiger partial charge >= 0.3 is 5.97 Å². The molecule has 1 aromatic rings. The molecule has 1 heterocycles. The first-order valence-corrected chi connectivity index (χ1v) is 10.4. The number of methoxy groups -OCH3 is 3. The van der Waals surface area contributed by atoms with Crippen molar-refractivity contribution >= 4 is 11.8 Å². The first-order chi connectivity index (χ1) is 14.7. The topological polar surface area (TPSA) is 83.1 Å². The monoisotopic (exact) mass is 429 g/mol. The van der Waals surface area contributed by atoms with E-state index >= 15 is 0 Å². The minimum atomic E-state index is -0.590. The van der Waals surface area contributed by atoms with Gasteiger partial charge in [0.25, 0.3) is 0 Å². The lowest BCUT2D eigenvalue weighted by molar-refractivity contribution is -0.138.